The Hall–Kier alpha value is -1.45. The molecule has 74 valence electrons. The maximum absolute atomic E-state index is 11.0. The van der Waals surface area contributed by atoms with Gasteiger partial charge in [0.15, 0.2) is 0 Å². The zero-order valence-electron chi connectivity index (χ0n) is 7.97. The third-order valence-corrected chi connectivity index (χ3v) is 2.44. The van der Waals surface area contributed by atoms with Gasteiger partial charge in [0.1, 0.15) is 11.7 Å². The molecular formula is C10H12N2O2. The lowest BCUT2D eigenvalue weighted by atomic mass is 10.0. The molecule has 1 aromatic rings. The third-order valence-electron chi connectivity index (χ3n) is 2.44. The Balaban J connectivity index is 2.26. The molecule has 1 unspecified atom stereocenters. The minimum atomic E-state index is -0.809. The average Bonchev–Trinajstić information content (AvgIpc) is 2.92. The van der Waals surface area contributed by atoms with Crippen molar-refractivity contribution < 1.29 is 9.90 Å². The standard InChI is InChI=1S/C10H12N2O2/c1-6-4-11-9(12-5-6)8(10(13)14)7-2-3-7/h4-5,7-8H,2-3H2,1H3,(H,13,14). The third kappa shape index (κ3) is 1.73. The second-order valence-corrected chi connectivity index (χ2v) is 3.77. The van der Waals surface area contributed by atoms with Gasteiger partial charge in [0, 0.05) is 12.4 Å². The number of rotatable bonds is 3. The second-order valence-electron chi connectivity index (χ2n) is 3.77. The van der Waals surface area contributed by atoms with Crippen molar-refractivity contribution in [1.82, 2.24) is 9.97 Å². The van der Waals surface area contributed by atoms with E-state index in [1.165, 1.54) is 0 Å². The highest BCUT2D eigenvalue weighted by Crippen LogP contribution is 2.41. The van der Waals surface area contributed by atoms with Crippen LogP contribution >= 0.6 is 0 Å². The maximum atomic E-state index is 11.0. The molecule has 2 rings (SSSR count). The van der Waals surface area contributed by atoms with Crippen LogP contribution in [0.15, 0.2) is 12.4 Å². The van der Waals surface area contributed by atoms with Gasteiger partial charge in [-0.15, -0.1) is 0 Å². The van der Waals surface area contributed by atoms with Gasteiger partial charge in [0.25, 0.3) is 0 Å². The number of carbonyl (C=O) groups is 1. The molecule has 0 spiro atoms. The number of hydrogen-bond donors (Lipinski definition) is 1. The SMILES string of the molecule is Cc1cnc(C(C(=O)O)C2CC2)nc1. The summed E-state index contributed by atoms with van der Waals surface area (Å²) in [5.41, 5.74) is 0.952. The zero-order valence-corrected chi connectivity index (χ0v) is 7.97. The molecule has 14 heavy (non-hydrogen) atoms. The highest BCUT2D eigenvalue weighted by molar-refractivity contribution is 5.75. The molecule has 0 aliphatic heterocycles. The number of hydrogen-bond acceptors (Lipinski definition) is 3. The normalized spacial score (nSPS) is 17.8. The van der Waals surface area contributed by atoms with Crippen molar-refractivity contribution in [2.24, 2.45) is 5.92 Å². The first-order chi connectivity index (χ1) is 6.68. The molecule has 1 aliphatic rings. The highest BCUT2D eigenvalue weighted by atomic mass is 16.4. The fourth-order valence-corrected chi connectivity index (χ4v) is 1.52. The largest absolute Gasteiger partial charge is 0.481 e. The van der Waals surface area contributed by atoms with Gasteiger partial charge in [0.05, 0.1) is 0 Å². The first-order valence-electron chi connectivity index (χ1n) is 4.70. The molecule has 1 heterocycles. The summed E-state index contributed by atoms with van der Waals surface area (Å²) < 4.78 is 0. The molecule has 0 radical (unpaired) electrons. The van der Waals surface area contributed by atoms with E-state index < -0.39 is 11.9 Å². The molecule has 1 atom stereocenters. The van der Waals surface area contributed by atoms with Crippen LogP contribution in [0.2, 0.25) is 0 Å². The van der Waals surface area contributed by atoms with Crippen LogP contribution in [0, 0.1) is 12.8 Å². The molecule has 1 aromatic heterocycles. The van der Waals surface area contributed by atoms with Crippen LogP contribution in [0.25, 0.3) is 0 Å². The topological polar surface area (TPSA) is 63.1 Å². The summed E-state index contributed by atoms with van der Waals surface area (Å²) >= 11 is 0. The summed E-state index contributed by atoms with van der Waals surface area (Å²) in [6.45, 7) is 1.89. The van der Waals surface area contributed by atoms with Crippen LogP contribution in [0.5, 0.6) is 0 Å². The quantitative estimate of drug-likeness (QED) is 0.785. The van der Waals surface area contributed by atoms with E-state index in [4.69, 9.17) is 5.11 Å². The van der Waals surface area contributed by atoms with E-state index in [-0.39, 0.29) is 5.92 Å². The molecule has 0 saturated heterocycles. The predicted molar refractivity (Wildman–Crippen MR) is 49.9 cm³/mol. The molecule has 0 bridgehead atoms. The van der Waals surface area contributed by atoms with Crippen LogP contribution in [0.1, 0.15) is 30.1 Å². The summed E-state index contributed by atoms with van der Waals surface area (Å²) in [6, 6.07) is 0. The fourth-order valence-electron chi connectivity index (χ4n) is 1.52. The molecule has 4 heteroatoms. The molecule has 1 aliphatic carbocycles. The lowest BCUT2D eigenvalue weighted by Crippen LogP contribution is -2.16. The molecule has 0 aromatic carbocycles. The van der Waals surface area contributed by atoms with Crippen LogP contribution in [-0.2, 0) is 4.79 Å². The van der Waals surface area contributed by atoms with Crippen molar-refractivity contribution >= 4 is 5.97 Å². The van der Waals surface area contributed by atoms with Gasteiger partial charge < -0.3 is 5.11 Å². The number of carboxylic acid groups (broad SMARTS) is 1. The Bertz CT molecular complexity index is 344. The Morgan fingerprint density at radius 1 is 1.50 bits per heavy atom. The summed E-state index contributed by atoms with van der Waals surface area (Å²) in [6.07, 6.45) is 5.30. The van der Waals surface area contributed by atoms with Gasteiger partial charge in [-0.3, -0.25) is 4.79 Å². The van der Waals surface area contributed by atoms with Gasteiger partial charge in [-0.25, -0.2) is 9.97 Å². The minimum Gasteiger partial charge on any atom is -0.481 e. The van der Waals surface area contributed by atoms with Crippen LogP contribution in [0.3, 0.4) is 0 Å². The zero-order chi connectivity index (χ0) is 10.1. The number of nitrogens with zero attached hydrogens (tertiary/aromatic N) is 2. The fraction of sp³-hybridized carbons (Fsp3) is 0.500. The predicted octanol–water partition coefficient (Wildman–Crippen LogP) is 1.36. The first kappa shape index (κ1) is 9.12. The Morgan fingerprint density at radius 2 is 2.07 bits per heavy atom. The maximum Gasteiger partial charge on any atom is 0.314 e. The van der Waals surface area contributed by atoms with Gasteiger partial charge in [-0.1, -0.05) is 0 Å². The summed E-state index contributed by atoms with van der Waals surface area (Å²) in [7, 11) is 0. The van der Waals surface area contributed by atoms with Crippen molar-refractivity contribution in [2.75, 3.05) is 0 Å². The lowest BCUT2D eigenvalue weighted by molar-refractivity contribution is -0.139. The molecule has 4 nitrogen and oxygen atoms in total. The number of aliphatic carboxylic acids is 1. The molecule has 1 N–H and O–H groups in total. The van der Waals surface area contributed by atoms with Crippen molar-refractivity contribution in [3.05, 3.63) is 23.8 Å². The van der Waals surface area contributed by atoms with Crippen LogP contribution in [0.4, 0.5) is 0 Å². The van der Waals surface area contributed by atoms with Crippen molar-refractivity contribution in [3.63, 3.8) is 0 Å². The lowest BCUT2D eigenvalue weighted by Gasteiger charge is -2.08. The molecule has 1 saturated carbocycles. The number of aryl methyl sites for hydroxylation is 1. The van der Waals surface area contributed by atoms with Crippen molar-refractivity contribution in [2.45, 2.75) is 25.7 Å². The van der Waals surface area contributed by atoms with E-state index >= 15 is 0 Å². The number of aromatic nitrogens is 2. The van der Waals surface area contributed by atoms with E-state index in [9.17, 15) is 4.79 Å². The van der Waals surface area contributed by atoms with Gasteiger partial charge in [-0.2, -0.15) is 0 Å². The first-order valence-corrected chi connectivity index (χ1v) is 4.70. The molecular weight excluding hydrogens is 180 g/mol. The van der Waals surface area contributed by atoms with E-state index in [1.54, 1.807) is 12.4 Å². The highest BCUT2D eigenvalue weighted by Gasteiger charge is 2.39. The van der Waals surface area contributed by atoms with E-state index in [2.05, 4.69) is 9.97 Å². The Kier molecular flexibility index (Phi) is 2.19. The summed E-state index contributed by atoms with van der Waals surface area (Å²) in [4.78, 5) is 19.1. The van der Waals surface area contributed by atoms with Crippen molar-refractivity contribution in [3.8, 4) is 0 Å². The Labute approximate surface area is 82.0 Å². The summed E-state index contributed by atoms with van der Waals surface area (Å²) in [5.74, 6) is -0.618. The van der Waals surface area contributed by atoms with Crippen LogP contribution < -0.4 is 0 Å². The van der Waals surface area contributed by atoms with Gasteiger partial charge >= 0.3 is 5.97 Å². The monoisotopic (exact) mass is 192 g/mol. The van der Waals surface area contributed by atoms with E-state index in [0.717, 1.165) is 18.4 Å². The smallest absolute Gasteiger partial charge is 0.314 e. The molecule has 0 amide bonds. The number of carboxylic acids is 1. The van der Waals surface area contributed by atoms with Crippen molar-refractivity contribution in [1.29, 1.82) is 0 Å². The van der Waals surface area contributed by atoms with Gasteiger partial charge in [-0.05, 0) is 31.2 Å². The van der Waals surface area contributed by atoms with Crippen LogP contribution in [-0.4, -0.2) is 21.0 Å². The van der Waals surface area contributed by atoms with E-state index in [1.807, 2.05) is 6.92 Å². The summed E-state index contributed by atoms with van der Waals surface area (Å²) in [5, 5.41) is 9.03. The second kappa shape index (κ2) is 3.36. The Morgan fingerprint density at radius 3 is 2.50 bits per heavy atom. The average molecular weight is 192 g/mol. The van der Waals surface area contributed by atoms with Gasteiger partial charge in [0.2, 0.25) is 0 Å². The molecule has 1 fully saturated rings. The minimum absolute atomic E-state index is 0.246. The van der Waals surface area contributed by atoms with E-state index in [0.29, 0.717) is 5.82 Å².